The molecular weight excluding hydrogens is 326 g/mol. The highest BCUT2D eigenvalue weighted by Gasteiger charge is 2.12. The number of nitrogens with one attached hydrogen (secondary N) is 3. The molecule has 136 valence electrons. The molecule has 0 aromatic heterocycles. The van der Waals surface area contributed by atoms with Crippen LogP contribution in [0.1, 0.15) is 47.3 Å². The summed E-state index contributed by atoms with van der Waals surface area (Å²) in [5.74, 6) is -0.125. The van der Waals surface area contributed by atoms with E-state index in [0.29, 0.717) is 12.1 Å². The molecule has 1 aliphatic carbocycles. The molecule has 0 spiro atoms. The Bertz CT molecular complexity index is 797. The zero-order valence-electron chi connectivity index (χ0n) is 15.3. The molecule has 0 radical (unpaired) electrons. The maximum atomic E-state index is 12.4. The van der Waals surface area contributed by atoms with E-state index < -0.39 is 0 Å². The summed E-state index contributed by atoms with van der Waals surface area (Å²) in [6.45, 7) is 4.24. The second-order valence-corrected chi connectivity index (χ2v) is 6.97. The molecule has 5 nitrogen and oxygen atoms in total. The Kier molecular flexibility index (Phi) is 5.56. The van der Waals surface area contributed by atoms with Crippen LogP contribution in [0, 0.1) is 0 Å². The van der Waals surface area contributed by atoms with Gasteiger partial charge in [0.05, 0.1) is 0 Å². The Balaban J connectivity index is 1.56. The molecule has 0 aliphatic heterocycles. The lowest BCUT2D eigenvalue weighted by Crippen LogP contribution is -2.39. The fraction of sp³-hybridized carbons (Fsp3) is 0.333. The predicted octanol–water partition coefficient (Wildman–Crippen LogP) is 3.64. The number of carbonyl (C=O) groups excluding carboxylic acids is 2. The topological polar surface area (TPSA) is 70.2 Å². The van der Waals surface area contributed by atoms with Gasteiger partial charge in [0, 0.05) is 23.8 Å². The van der Waals surface area contributed by atoms with Gasteiger partial charge in [-0.1, -0.05) is 18.2 Å². The van der Waals surface area contributed by atoms with Crippen LogP contribution in [0.2, 0.25) is 0 Å². The van der Waals surface area contributed by atoms with Crippen LogP contribution in [-0.2, 0) is 19.4 Å². The number of benzene rings is 2. The van der Waals surface area contributed by atoms with E-state index in [0.717, 1.165) is 24.1 Å². The molecule has 3 N–H and O–H groups in total. The van der Waals surface area contributed by atoms with Crippen molar-refractivity contribution in [1.82, 2.24) is 10.6 Å². The first-order chi connectivity index (χ1) is 12.5. The number of fused-ring (bicyclic) bond motifs is 1. The van der Waals surface area contributed by atoms with Crippen LogP contribution in [0.4, 0.5) is 10.5 Å². The number of anilines is 1. The van der Waals surface area contributed by atoms with Crippen LogP contribution in [0.25, 0.3) is 0 Å². The van der Waals surface area contributed by atoms with Gasteiger partial charge in [0.15, 0.2) is 0 Å². The Hall–Kier alpha value is -2.82. The maximum Gasteiger partial charge on any atom is 0.315 e. The minimum Gasteiger partial charge on any atom is -0.336 e. The van der Waals surface area contributed by atoms with Crippen LogP contribution >= 0.6 is 0 Å². The van der Waals surface area contributed by atoms with Crippen molar-refractivity contribution in [2.24, 2.45) is 0 Å². The first kappa shape index (κ1) is 18.0. The highest BCUT2D eigenvalue weighted by Crippen LogP contribution is 2.25. The van der Waals surface area contributed by atoms with E-state index in [2.05, 4.69) is 28.1 Å². The summed E-state index contributed by atoms with van der Waals surface area (Å²) < 4.78 is 0. The Morgan fingerprint density at radius 1 is 1.00 bits per heavy atom. The van der Waals surface area contributed by atoms with Gasteiger partial charge >= 0.3 is 6.03 Å². The highest BCUT2D eigenvalue weighted by molar-refractivity contribution is 6.04. The van der Waals surface area contributed by atoms with Gasteiger partial charge in [-0.05, 0) is 74.1 Å². The third-order valence-electron chi connectivity index (χ3n) is 4.45. The Labute approximate surface area is 154 Å². The lowest BCUT2D eigenvalue weighted by atomic mass is 10.1. The number of hydrogen-bond donors (Lipinski definition) is 3. The first-order valence-corrected chi connectivity index (χ1v) is 9.08. The van der Waals surface area contributed by atoms with E-state index >= 15 is 0 Å². The summed E-state index contributed by atoms with van der Waals surface area (Å²) in [6, 6.07) is 13.3. The number of rotatable bonds is 5. The van der Waals surface area contributed by atoms with Gasteiger partial charge < -0.3 is 16.0 Å². The monoisotopic (exact) mass is 351 g/mol. The second kappa shape index (κ2) is 8.04. The summed E-state index contributed by atoms with van der Waals surface area (Å²) >= 11 is 0. The van der Waals surface area contributed by atoms with E-state index in [1.54, 1.807) is 12.1 Å². The van der Waals surface area contributed by atoms with Crippen molar-refractivity contribution in [2.45, 2.75) is 45.7 Å². The standard InChI is InChI=1S/C21H25N3O2/c1-14(2)23-21(26)22-13-15-6-8-17(9-7-15)20(25)24-19-11-10-16-4-3-5-18(16)12-19/h6-12,14H,3-5,13H2,1-2H3,(H,24,25)(H2,22,23,26). The summed E-state index contributed by atoms with van der Waals surface area (Å²) in [7, 11) is 0. The number of aryl methyl sites for hydroxylation is 2. The van der Waals surface area contributed by atoms with Crippen molar-refractivity contribution in [1.29, 1.82) is 0 Å². The van der Waals surface area contributed by atoms with Crippen molar-refractivity contribution < 1.29 is 9.59 Å². The average molecular weight is 351 g/mol. The van der Waals surface area contributed by atoms with Crippen molar-refractivity contribution >= 4 is 17.6 Å². The molecule has 0 bridgehead atoms. The van der Waals surface area contributed by atoms with Crippen LogP contribution in [0.15, 0.2) is 42.5 Å². The lowest BCUT2D eigenvalue weighted by molar-refractivity contribution is 0.102. The average Bonchev–Trinajstić information content (AvgIpc) is 3.07. The van der Waals surface area contributed by atoms with E-state index in [4.69, 9.17) is 0 Å². The summed E-state index contributed by atoms with van der Waals surface area (Å²) in [6.07, 6.45) is 3.41. The van der Waals surface area contributed by atoms with Gasteiger partial charge in [-0.15, -0.1) is 0 Å². The van der Waals surface area contributed by atoms with Crippen LogP contribution in [0.3, 0.4) is 0 Å². The molecule has 0 heterocycles. The smallest absolute Gasteiger partial charge is 0.315 e. The molecule has 1 aliphatic rings. The van der Waals surface area contributed by atoms with Crippen molar-refractivity contribution in [3.63, 3.8) is 0 Å². The molecule has 26 heavy (non-hydrogen) atoms. The summed E-state index contributed by atoms with van der Waals surface area (Å²) in [4.78, 5) is 24.0. The quantitative estimate of drug-likeness (QED) is 0.770. The van der Waals surface area contributed by atoms with E-state index in [1.165, 1.54) is 17.5 Å². The SMILES string of the molecule is CC(C)NC(=O)NCc1ccc(C(=O)Nc2ccc3c(c2)CCC3)cc1. The molecule has 3 rings (SSSR count). The minimum atomic E-state index is -0.196. The third kappa shape index (κ3) is 4.63. The number of urea groups is 1. The van der Waals surface area contributed by atoms with E-state index in [1.807, 2.05) is 32.0 Å². The van der Waals surface area contributed by atoms with Gasteiger partial charge in [-0.3, -0.25) is 4.79 Å². The third-order valence-corrected chi connectivity index (χ3v) is 4.45. The van der Waals surface area contributed by atoms with Crippen LogP contribution in [0.5, 0.6) is 0 Å². The minimum absolute atomic E-state index is 0.0975. The van der Waals surface area contributed by atoms with Crippen molar-refractivity contribution in [3.05, 3.63) is 64.7 Å². The predicted molar refractivity (Wildman–Crippen MR) is 103 cm³/mol. The molecule has 0 saturated carbocycles. The summed E-state index contributed by atoms with van der Waals surface area (Å²) in [5.41, 5.74) is 5.11. The molecule has 2 aromatic rings. The van der Waals surface area contributed by atoms with E-state index in [-0.39, 0.29) is 18.0 Å². The Morgan fingerprint density at radius 3 is 2.46 bits per heavy atom. The Morgan fingerprint density at radius 2 is 1.73 bits per heavy atom. The molecular formula is C21H25N3O2. The number of hydrogen-bond acceptors (Lipinski definition) is 2. The van der Waals surface area contributed by atoms with Crippen molar-refractivity contribution in [3.8, 4) is 0 Å². The highest BCUT2D eigenvalue weighted by atomic mass is 16.2. The fourth-order valence-electron chi connectivity index (χ4n) is 3.12. The van der Waals surface area contributed by atoms with Gasteiger partial charge in [-0.25, -0.2) is 4.79 Å². The van der Waals surface area contributed by atoms with Crippen LogP contribution in [-0.4, -0.2) is 18.0 Å². The number of amides is 3. The van der Waals surface area contributed by atoms with Gasteiger partial charge in [0.2, 0.25) is 0 Å². The first-order valence-electron chi connectivity index (χ1n) is 9.08. The van der Waals surface area contributed by atoms with E-state index in [9.17, 15) is 9.59 Å². The lowest BCUT2D eigenvalue weighted by Gasteiger charge is -2.11. The van der Waals surface area contributed by atoms with Crippen LogP contribution < -0.4 is 16.0 Å². The van der Waals surface area contributed by atoms with Crippen molar-refractivity contribution in [2.75, 3.05) is 5.32 Å². The number of carbonyl (C=O) groups is 2. The molecule has 0 unspecified atom stereocenters. The van der Waals surface area contributed by atoms with Gasteiger partial charge in [0.1, 0.15) is 0 Å². The molecule has 3 amide bonds. The molecule has 5 heteroatoms. The molecule has 0 atom stereocenters. The zero-order valence-corrected chi connectivity index (χ0v) is 15.3. The summed E-state index contributed by atoms with van der Waals surface area (Å²) in [5, 5.41) is 8.53. The second-order valence-electron chi connectivity index (χ2n) is 6.97. The van der Waals surface area contributed by atoms with Gasteiger partial charge in [0.25, 0.3) is 5.91 Å². The largest absolute Gasteiger partial charge is 0.336 e. The van der Waals surface area contributed by atoms with Gasteiger partial charge in [-0.2, -0.15) is 0 Å². The zero-order chi connectivity index (χ0) is 18.5. The fourth-order valence-corrected chi connectivity index (χ4v) is 3.12. The molecule has 2 aromatic carbocycles. The molecule has 0 fully saturated rings. The maximum absolute atomic E-state index is 12.4. The molecule has 0 saturated heterocycles. The normalized spacial score (nSPS) is 12.6.